The maximum atomic E-state index is 2.22. The standard InChI is InChI=1S/C9H16S/c1-3-4-5-6-7-8-9-10-2/h3-6H,7-9H2,1-2H3/b4-3-,6-5-. The van der Waals surface area contributed by atoms with Gasteiger partial charge in [0.1, 0.15) is 0 Å². The fraction of sp³-hybridized carbons (Fsp3) is 0.556. The fourth-order valence-electron chi connectivity index (χ4n) is 0.631. The summed E-state index contributed by atoms with van der Waals surface area (Å²) < 4.78 is 0. The molecule has 0 amide bonds. The third-order valence-electron chi connectivity index (χ3n) is 1.16. The molecule has 0 nitrogen and oxygen atoms in total. The Bertz CT molecular complexity index is 103. The molecule has 10 heavy (non-hydrogen) atoms. The van der Waals surface area contributed by atoms with Crippen molar-refractivity contribution in [1.82, 2.24) is 0 Å². The predicted octanol–water partition coefficient (Wildman–Crippen LogP) is 3.26. The van der Waals surface area contributed by atoms with Gasteiger partial charge in [0, 0.05) is 0 Å². The average molecular weight is 156 g/mol. The largest absolute Gasteiger partial charge is 0.165 e. The van der Waals surface area contributed by atoms with Crippen LogP contribution in [-0.4, -0.2) is 12.0 Å². The molecule has 0 spiro atoms. The Morgan fingerprint density at radius 3 is 2.70 bits per heavy atom. The van der Waals surface area contributed by atoms with Crippen LogP contribution in [0.15, 0.2) is 24.3 Å². The van der Waals surface area contributed by atoms with E-state index >= 15 is 0 Å². The van der Waals surface area contributed by atoms with Crippen LogP contribution in [0, 0.1) is 0 Å². The monoisotopic (exact) mass is 156 g/mol. The van der Waals surface area contributed by atoms with Crippen molar-refractivity contribution < 1.29 is 0 Å². The van der Waals surface area contributed by atoms with E-state index in [0.29, 0.717) is 0 Å². The average Bonchev–Trinajstić information content (AvgIpc) is 1.97. The molecule has 0 saturated heterocycles. The minimum atomic E-state index is 1.21. The highest BCUT2D eigenvalue weighted by Crippen LogP contribution is 1.99. The molecule has 0 N–H and O–H groups in total. The van der Waals surface area contributed by atoms with Gasteiger partial charge < -0.3 is 0 Å². The molecule has 0 aromatic rings. The second-order valence-electron chi connectivity index (χ2n) is 2.09. The molecule has 0 aliphatic carbocycles. The Morgan fingerprint density at radius 2 is 2.10 bits per heavy atom. The third-order valence-corrected chi connectivity index (χ3v) is 1.86. The highest BCUT2D eigenvalue weighted by atomic mass is 32.2. The summed E-state index contributed by atoms with van der Waals surface area (Å²) in [4.78, 5) is 0. The number of thioether (sulfide) groups is 1. The summed E-state index contributed by atoms with van der Waals surface area (Å²) in [6.45, 7) is 2.03. The lowest BCUT2D eigenvalue weighted by Gasteiger charge is -1.89. The van der Waals surface area contributed by atoms with Crippen LogP contribution in [0.2, 0.25) is 0 Å². The summed E-state index contributed by atoms with van der Waals surface area (Å²) in [5, 5.41) is 0. The van der Waals surface area contributed by atoms with Gasteiger partial charge in [-0.15, -0.1) is 0 Å². The molecule has 0 fully saturated rings. The lowest BCUT2D eigenvalue weighted by molar-refractivity contribution is 0.973. The minimum absolute atomic E-state index is 1.21. The summed E-state index contributed by atoms with van der Waals surface area (Å²) in [5.41, 5.74) is 0. The molecular weight excluding hydrogens is 140 g/mol. The topological polar surface area (TPSA) is 0 Å². The van der Waals surface area contributed by atoms with Crippen LogP contribution in [-0.2, 0) is 0 Å². The molecule has 0 atom stereocenters. The Morgan fingerprint density at radius 1 is 1.30 bits per heavy atom. The second-order valence-corrected chi connectivity index (χ2v) is 3.07. The third kappa shape index (κ3) is 7.83. The van der Waals surface area contributed by atoms with Gasteiger partial charge in [-0.05, 0) is 31.8 Å². The molecule has 58 valence electrons. The van der Waals surface area contributed by atoms with Crippen molar-refractivity contribution >= 4 is 11.8 Å². The Hall–Kier alpha value is -0.170. The van der Waals surface area contributed by atoms with Crippen molar-refractivity contribution in [1.29, 1.82) is 0 Å². The lowest BCUT2D eigenvalue weighted by atomic mass is 10.3. The first-order valence-electron chi connectivity index (χ1n) is 3.68. The molecule has 0 saturated carbocycles. The summed E-state index contributed by atoms with van der Waals surface area (Å²) in [6, 6.07) is 0. The number of unbranched alkanes of at least 4 members (excludes halogenated alkanes) is 1. The van der Waals surface area contributed by atoms with Crippen LogP contribution in [0.3, 0.4) is 0 Å². The normalized spacial score (nSPS) is 11.8. The van der Waals surface area contributed by atoms with Crippen molar-refractivity contribution in [3.8, 4) is 0 Å². The molecule has 0 aliphatic heterocycles. The van der Waals surface area contributed by atoms with Crippen molar-refractivity contribution in [3.63, 3.8) is 0 Å². The Labute approximate surface area is 68.4 Å². The smallest absolute Gasteiger partial charge is 0.00674 e. The number of hydrogen-bond donors (Lipinski definition) is 0. The summed E-state index contributed by atoms with van der Waals surface area (Å²) >= 11 is 1.91. The molecule has 0 aromatic heterocycles. The van der Waals surface area contributed by atoms with E-state index in [2.05, 4.69) is 24.5 Å². The van der Waals surface area contributed by atoms with Crippen molar-refractivity contribution in [3.05, 3.63) is 24.3 Å². The Balaban J connectivity index is 3.02. The quantitative estimate of drug-likeness (QED) is 0.435. The van der Waals surface area contributed by atoms with Gasteiger partial charge in [-0.3, -0.25) is 0 Å². The van der Waals surface area contributed by atoms with Crippen LogP contribution < -0.4 is 0 Å². The van der Waals surface area contributed by atoms with Gasteiger partial charge in [-0.1, -0.05) is 24.3 Å². The van der Waals surface area contributed by atoms with Crippen LogP contribution in [0.4, 0.5) is 0 Å². The molecule has 0 rings (SSSR count). The number of hydrogen-bond acceptors (Lipinski definition) is 1. The number of allylic oxidation sites excluding steroid dienone is 4. The fourth-order valence-corrected chi connectivity index (χ4v) is 1.09. The first-order chi connectivity index (χ1) is 4.91. The molecule has 0 radical (unpaired) electrons. The Kier molecular flexibility index (Phi) is 8.68. The van der Waals surface area contributed by atoms with Crippen molar-refractivity contribution in [2.75, 3.05) is 12.0 Å². The molecule has 0 aromatic carbocycles. The molecule has 1 heteroatoms. The van der Waals surface area contributed by atoms with E-state index < -0.39 is 0 Å². The summed E-state index contributed by atoms with van der Waals surface area (Å²) in [5.74, 6) is 1.28. The van der Waals surface area contributed by atoms with E-state index in [4.69, 9.17) is 0 Å². The highest BCUT2D eigenvalue weighted by molar-refractivity contribution is 7.98. The van der Waals surface area contributed by atoms with Gasteiger partial charge in [-0.25, -0.2) is 0 Å². The minimum Gasteiger partial charge on any atom is -0.165 e. The van der Waals surface area contributed by atoms with Gasteiger partial charge in [0.25, 0.3) is 0 Å². The van der Waals surface area contributed by atoms with Crippen LogP contribution in [0.25, 0.3) is 0 Å². The van der Waals surface area contributed by atoms with E-state index in [1.165, 1.54) is 18.6 Å². The molecule has 0 heterocycles. The maximum absolute atomic E-state index is 2.22. The zero-order valence-electron chi connectivity index (χ0n) is 6.84. The maximum Gasteiger partial charge on any atom is -0.00674 e. The van der Waals surface area contributed by atoms with Gasteiger partial charge in [0.05, 0.1) is 0 Å². The van der Waals surface area contributed by atoms with Gasteiger partial charge in [0.2, 0.25) is 0 Å². The zero-order chi connectivity index (χ0) is 7.66. The van der Waals surface area contributed by atoms with E-state index in [0.717, 1.165) is 0 Å². The van der Waals surface area contributed by atoms with Crippen molar-refractivity contribution in [2.24, 2.45) is 0 Å². The van der Waals surface area contributed by atoms with E-state index in [-0.39, 0.29) is 0 Å². The summed E-state index contributed by atoms with van der Waals surface area (Å²) in [6.07, 6.45) is 13.1. The van der Waals surface area contributed by atoms with Gasteiger partial charge in [-0.2, -0.15) is 11.8 Å². The van der Waals surface area contributed by atoms with Gasteiger partial charge in [0.15, 0.2) is 0 Å². The number of rotatable bonds is 5. The predicted molar refractivity (Wildman–Crippen MR) is 51.6 cm³/mol. The van der Waals surface area contributed by atoms with E-state index in [1.807, 2.05) is 24.8 Å². The van der Waals surface area contributed by atoms with Crippen molar-refractivity contribution in [2.45, 2.75) is 19.8 Å². The van der Waals surface area contributed by atoms with E-state index in [1.54, 1.807) is 0 Å². The lowest BCUT2D eigenvalue weighted by Crippen LogP contribution is -1.73. The zero-order valence-corrected chi connectivity index (χ0v) is 7.66. The van der Waals surface area contributed by atoms with E-state index in [9.17, 15) is 0 Å². The van der Waals surface area contributed by atoms with Crippen LogP contribution in [0.5, 0.6) is 0 Å². The highest BCUT2D eigenvalue weighted by Gasteiger charge is 1.79. The molecular formula is C9H16S. The first-order valence-corrected chi connectivity index (χ1v) is 5.08. The molecule has 0 unspecified atom stereocenters. The molecule has 0 aliphatic rings. The first kappa shape index (κ1) is 9.83. The summed E-state index contributed by atoms with van der Waals surface area (Å²) in [7, 11) is 0. The SMILES string of the molecule is C/C=C\C=C/CCCSC. The van der Waals surface area contributed by atoms with Gasteiger partial charge >= 0.3 is 0 Å². The molecule has 0 bridgehead atoms. The second kappa shape index (κ2) is 8.83. The van der Waals surface area contributed by atoms with Crippen LogP contribution in [0.1, 0.15) is 19.8 Å². The van der Waals surface area contributed by atoms with Crippen LogP contribution >= 0.6 is 11.8 Å².